The number of nitrogens with one attached hydrogen (secondary N) is 2. The lowest BCUT2D eigenvalue weighted by molar-refractivity contribution is 0.537. The van der Waals surface area contributed by atoms with Crippen LogP contribution in [0.5, 0.6) is 0 Å². The second-order valence-electron chi connectivity index (χ2n) is 7.68. The SMILES string of the molecule is Cn1cnc(S(=O)(=O)NCc2ccc3c(c2)C(Cc2cccc(F)c2)NCCC3)c1. The third kappa shape index (κ3) is 4.77. The second-order valence-corrected chi connectivity index (χ2v) is 9.39. The highest BCUT2D eigenvalue weighted by Crippen LogP contribution is 2.27. The summed E-state index contributed by atoms with van der Waals surface area (Å²) in [4.78, 5) is 3.92. The number of sulfonamides is 1. The average Bonchev–Trinajstić information content (AvgIpc) is 3.07. The highest BCUT2D eigenvalue weighted by Gasteiger charge is 2.21. The first-order chi connectivity index (χ1) is 14.4. The molecule has 0 radical (unpaired) electrons. The summed E-state index contributed by atoms with van der Waals surface area (Å²) in [7, 11) is -1.95. The van der Waals surface area contributed by atoms with Crippen LogP contribution in [0.3, 0.4) is 0 Å². The van der Waals surface area contributed by atoms with Gasteiger partial charge in [-0.3, -0.25) is 0 Å². The average molecular weight is 429 g/mol. The van der Waals surface area contributed by atoms with Gasteiger partial charge >= 0.3 is 0 Å². The zero-order valence-corrected chi connectivity index (χ0v) is 17.6. The predicted molar refractivity (Wildman–Crippen MR) is 113 cm³/mol. The van der Waals surface area contributed by atoms with Gasteiger partial charge in [-0.25, -0.2) is 22.5 Å². The van der Waals surface area contributed by atoms with Crippen LogP contribution in [-0.2, 0) is 36.5 Å². The summed E-state index contributed by atoms with van der Waals surface area (Å²) in [6, 6.07) is 12.8. The Morgan fingerprint density at radius 2 is 2.10 bits per heavy atom. The first kappa shape index (κ1) is 20.7. The number of rotatable bonds is 6. The lowest BCUT2D eigenvalue weighted by Gasteiger charge is -2.20. The maximum atomic E-state index is 13.6. The zero-order chi connectivity index (χ0) is 21.1. The smallest absolute Gasteiger partial charge is 0.259 e. The summed E-state index contributed by atoms with van der Waals surface area (Å²) in [6.07, 6.45) is 5.59. The molecule has 0 saturated heterocycles. The Kier molecular flexibility index (Phi) is 5.99. The Bertz CT molecular complexity index is 1140. The number of hydrogen-bond acceptors (Lipinski definition) is 4. The fourth-order valence-electron chi connectivity index (χ4n) is 3.83. The van der Waals surface area contributed by atoms with Crippen LogP contribution in [0.2, 0.25) is 0 Å². The van der Waals surface area contributed by atoms with E-state index in [-0.39, 0.29) is 23.4 Å². The van der Waals surface area contributed by atoms with Crippen molar-refractivity contribution in [2.75, 3.05) is 6.54 Å². The maximum absolute atomic E-state index is 13.6. The Morgan fingerprint density at radius 1 is 1.23 bits per heavy atom. The molecule has 0 bridgehead atoms. The van der Waals surface area contributed by atoms with Gasteiger partial charge in [-0.15, -0.1) is 0 Å². The fourth-order valence-corrected chi connectivity index (χ4v) is 4.83. The molecule has 30 heavy (non-hydrogen) atoms. The Labute approximate surface area is 176 Å². The van der Waals surface area contributed by atoms with E-state index >= 15 is 0 Å². The molecular weight excluding hydrogens is 403 g/mol. The molecule has 1 aliphatic rings. The van der Waals surface area contributed by atoms with Crippen molar-refractivity contribution in [2.24, 2.45) is 7.05 Å². The van der Waals surface area contributed by atoms with Crippen molar-refractivity contribution in [3.63, 3.8) is 0 Å². The van der Waals surface area contributed by atoms with Crippen molar-refractivity contribution < 1.29 is 12.8 Å². The number of aromatic nitrogens is 2. The molecule has 1 atom stereocenters. The Hall–Kier alpha value is -2.55. The minimum absolute atomic E-state index is 0.00501. The Balaban J connectivity index is 1.55. The van der Waals surface area contributed by atoms with Crippen LogP contribution in [-0.4, -0.2) is 24.5 Å². The highest BCUT2D eigenvalue weighted by molar-refractivity contribution is 7.89. The van der Waals surface area contributed by atoms with Crippen LogP contribution in [0, 0.1) is 5.82 Å². The monoisotopic (exact) mass is 428 g/mol. The summed E-state index contributed by atoms with van der Waals surface area (Å²) in [5.74, 6) is -0.237. The number of nitrogens with zero attached hydrogens (tertiary/aromatic N) is 2. The highest BCUT2D eigenvalue weighted by atomic mass is 32.2. The molecule has 0 amide bonds. The number of halogens is 1. The molecule has 0 aliphatic carbocycles. The molecule has 1 aliphatic heterocycles. The largest absolute Gasteiger partial charge is 0.339 e. The van der Waals surface area contributed by atoms with Gasteiger partial charge in [0, 0.05) is 25.8 Å². The van der Waals surface area contributed by atoms with Crippen molar-refractivity contribution in [1.82, 2.24) is 19.6 Å². The van der Waals surface area contributed by atoms with Crippen molar-refractivity contribution in [1.29, 1.82) is 0 Å². The van der Waals surface area contributed by atoms with Gasteiger partial charge in [-0.2, -0.15) is 0 Å². The van der Waals surface area contributed by atoms with Crippen LogP contribution in [0.4, 0.5) is 4.39 Å². The van der Waals surface area contributed by atoms with Gasteiger partial charge in [0.25, 0.3) is 10.0 Å². The first-order valence-corrected chi connectivity index (χ1v) is 11.5. The molecule has 1 aromatic heterocycles. The van der Waals surface area contributed by atoms with E-state index < -0.39 is 10.0 Å². The van der Waals surface area contributed by atoms with E-state index in [9.17, 15) is 12.8 Å². The molecule has 2 N–H and O–H groups in total. The number of aryl methyl sites for hydroxylation is 2. The third-order valence-corrected chi connectivity index (χ3v) is 6.64. The van der Waals surface area contributed by atoms with E-state index in [1.165, 1.54) is 24.2 Å². The van der Waals surface area contributed by atoms with Crippen LogP contribution in [0.25, 0.3) is 0 Å². The number of fused-ring (bicyclic) bond motifs is 1. The maximum Gasteiger partial charge on any atom is 0.259 e. The molecule has 6 nitrogen and oxygen atoms in total. The minimum Gasteiger partial charge on any atom is -0.339 e. The van der Waals surface area contributed by atoms with E-state index in [0.717, 1.165) is 36.1 Å². The van der Waals surface area contributed by atoms with Crippen molar-refractivity contribution in [2.45, 2.75) is 36.9 Å². The number of imidazole rings is 1. The lowest BCUT2D eigenvalue weighted by atomic mass is 9.92. The molecule has 2 heterocycles. The normalized spacial score (nSPS) is 16.8. The van der Waals surface area contributed by atoms with Gasteiger partial charge < -0.3 is 9.88 Å². The van der Waals surface area contributed by atoms with Gasteiger partial charge in [0.1, 0.15) is 5.82 Å². The zero-order valence-electron chi connectivity index (χ0n) is 16.8. The lowest BCUT2D eigenvalue weighted by Crippen LogP contribution is -2.25. The van der Waals surface area contributed by atoms with Crippen LogP contribution in [0.15, 0.2) is 60.0 Å². The molecule has 8 heteroatoms. The van der Waals surface area contributed by atoms with E-state index in [2.05, 4.69) is 27.2 Å². The summed E-state index contributed by atoms with van der Waals surface area (Å²) in [6.45, 7) is 1.06. The summed E-state index contributed by atoms with van der Waals surface area (Å²) in [5, 5.41) is 3.57. The molecular formula is C22H25FN4O2S. The van der Waals surface area contributed by atoms with E-state index in [1.54, 1.807) is 23.7 Å². The van der Waals surface area contributed by atoms with E-state index in [4.69, 9.17) is 0 Å². The third-order valence-electron chi connectivity index (χ3n) is 5.35. The number of hydrogen-bond donors (Lipinski definition) is 2. The van der Waals surface area contributed by atoms with Crippen LogP contribution in [0.1, 0.15) is 34.7 Å². The van der Waals surface area contributed by atoms with Gasteiger partial charge in [-0.1, -0.05) is 30.3 Å². The van der Waals surface area contributed by atoms with Crippen molar-refractivity contribution in [3.8, 4) is 0 Å². The topological polar surface area (TPSA) is 76.0 Å². The van der Waals surface area contributed by atoms with Gasteiger partial charge in [-0.05, 0) is 60.2 Å². The quantitative estimate of drug-likeness (QED) is 0.633. The van der Waals surface area contributed by atoms with Crippen LogP contribution < -0.4 is 10.0 Å². The predicted octanol–water partition coefficient (Wildman–Crippen LogP) is 2.86. The van der Waals surface area contributed by atoms with Crippen LogP contribution >= 0.6 is 0 Å². The number of benzene rings is 2. The molecule has 0 fully saturated rings. The van der Waals surface area contributed by atoms with Gasteiger partial charge in [0.15, 0.2) is 5.03 Å². The molecule has 158 valence electrons. The second kappa shape index (κ2) is 8.67. The molecule has 2 aromatic carbocycles. The molecule has 3 aromatic rings. The summed E-state index contributed by atoms with van der Waals surface area (Å²) >= 11 is 0. The first-order valence-electron chi connectivity index (χ1n) is 9.98. The molecule has 1 unspecified atom stereocenters. The molecule has 4 rings (SSSR count). The van der Waals surface area contributed by atoms with Crippen molar-refractivity contribution in [3.05, 3.63) is 83.1 Å². The van der Waals surface area contributed by atoms with E-state index in [1.807, 2.05) is 12.1 Å². The fraction of sp³-hybridized carbons (Fsp3) is 0.318. The van der Waals surface area contributed by atoms with E-state index in [0.29, 0.717) is 6.42 Å². The molecule has 0 saturated carbocycles. The molecule has 0 spiro atoms. The summed E-state index contributed by atoms with van der Waals surface area (Å²) in [5.41, 5.74) is 4.20. The van der Waals surface area contributed by atoms with Gasteiger partial charge in [0.2, 0.25) is 0 Å². The summed E-state index contributed by atoms with van der Waals surface area (Å²) < 4.78 is 42.8. The van der Waals surface area contributed by atoms with Crippen molar-refractivity contribution >= 4 is 10.0 Å². The standard InChI is InChI=1S/C22H25FN4O2S/c1-27-14-22(25-15-27)30(28,29)26-13-17-7-8-18-5-3-9-24-21(20(18)11-17)12-16-4-2-6-19(23)10-16/h2,4,6-8,10-11,14-15,21,24,26H,3,5,9,12-13H2,1H3. The van der Waals surface area contributed by atoms with Gasteiger partial charge in [0.05, 0.1) is 6.33 Å². The Morgan fingerprint density at radius 3 is 2.87 bits per heavy atom. The minimum atomic E-state index is -3.67.